The van der Waals surface area contributed by atoms with Gasteiger partial charge in [-0.05, 0) is 40.2 Å². The monoisotopic (exact) mass is 215 g/mol. The minimum absolute atomic E-state index is 0.119. The minimum atomic E-state index is -1.17. The molecule has 15 heavy (non-hydrogen) atoms. The molecule has 0 saturated carbocycles. The summed E-state index contributed by atoms with van der Waals surface area (Å²) in [6, 6.07) is 0. The summed E-state index contributed by atoms with van der Waals surface area (Å²) in [5.41, 5.74) is 0.751. The number of allylic oxidation sites excluding steroid dienone is 2. The first-order chi connectivity index (χ1) is 6.63. The zero-order chi connectivity index (χ0) is 12.2. The first-order valence-corrected chi connectivity index (χ1v) is 4.94. The summed E-state index contributed by atoms with van der Waals surface area (Å²) in [7, 11) is 0. The highest BCUT2D eigenvalue weighted by atomic mass is 16.6. The second-order valence-corrected chi connectivity index (χ2v) is 4.66. The lowest BCUT2D eigenvalue weighted by Crippen LogP contribution is -2.39. The molecule has 0 aliphatic heterocycles. The van der Waals surface area contributed by atoms with Gasteiger partial charge in [0.2, 0.25) is 6.41 Å². The van der Waals surface area contributed by atoms with Crippen LogP contribution in [0.5, 0.6) is 0 Å². The number of hydrogen-bond donors (Lipinski definition) is 2. The van der Waals surface area contributed by atoms with Crippen molar-refractivity contribution in [3.05, 3.63) is 11.3 Å². The van der Waals surface area contributed by atoms with Crippen molar-refractivity contribution < 1.29 is 14.6 Å². The van der Waals surface area contributed by atoms with E-state index in [0.29, 0.717) is 5.70 Å². The average Bonchev–Trinajstić information content (AvgIpc) is 1.95. The van der Waals surface area contributed by atoms with Crippen LogP contribution >= 0.6 is 0 Å². The standard InChI is InChI=1S/C11H21NO3/c1-7(2)9(8(3)13)12-10(14)15-11(4,5)6/h10,12,14H,1-6H3. The molecule has 0 amide bonds. The third kappa shape index (κ3) is 6.25. The predicted octanol–water partition coefficient (Wildman–Crippen LogP) is 1.55. The van der Waals surface area contributed by atoms with Gasteiger partial charge in [-0.1, -0.05) is 0 Å². The molecule has 0 heterocycles. The Balaban J connectivity index is 4.46. The summed E-state index contributed by atoms with van der Waals surface area (Å²) < 4.78 is 5.23. The highest BCUT2D eigenvalue weighted by molar-refractivity contribution is 5.93. The molecule has 0 aliphatic carbocycles. The van der Waals surface area contributed by atoms with E-state index in [2.05, 4.69) is 5.32 Å². The third-order valence-electron chi connectivity index (χ3n) is 1.59. The van der Waals surface area contributed by atoms with Crippen LogP contribution in [0.25, 0.3) is 0 Å². The van der Waals surface area contributed by atoms with Crippen LogP contribution in [0.1, 0.15) is 41.5 Å². The molecule has 0 radical (unpaired) electrons. The van der Waals surface area contributed by atoms with Crippen molar-refractivity contribution in [1.29, 1.82) is 0 Å². The van der Waals surface area contributed by atoms with Crippen LogP contribution in [0.2, 0.25) is 0 Å². The zero-order valence-electron chi connectivity index (χ0n) is 10.3. The van der Waals surface area contributed by atoms with Crippen LogP contribution in [0, 0.1) is 0 Å². The first kappa shape index (κ1) is 14.1. The Morgan fingerprint density at radius 1 is 1.27 bits per heavy atom. The molecule has 4 nitrogen and oxygen atoms in total. The molecule has 0 aromatic carbocycles. The van der Waals surface area contributed by atoms with E-state index in [4.69, 9.17) is 4.74 Å². The maximum atomic E-state index is 11.2. The van der Waals surface area contributed by atoms with Gasteiger partial charge in [-0.2, -0.15) is 0 Å². The SMILES string of the molecule is CC(=O)C(NC(O)OC(C)(C)C)=C(C)C. The van der Waals surface area contributed by atoms with Crippen LogP contribution in [-0.4, -0.2) is 22.9 Å². The molecule has 1 atom stereocenters. The second-order valence-electron chi connectivity index (χ2n) is 4.66. The number of carbonyl (C=O) groups is 1. The van der Waals surface area contributed by atoms with Gasteiger partial charge in [-0.25, -0.2) is 0 Å². The number of ketones is 1. The molecule has 0 fully saturated rings. The number of aliphatic hydroxyl groups is 1. The predicted molar refractivity (Wildman–Crippen MR) is 59.0 cm³/mol. The van der Waals surface area contributed by atoms with Gasteiger partial charge in [0, 0.05) is 6.92 Å². The lowest BCUT2D eigenvalue weighted by Gasteiger charge is -2.25. The molecule has 0 aliphatic rings. The number of hydrogen-bond acceptors (Lipinski definition) is 4. The highest BCUT2D eigenvalue weighted by Gasteiger charge is 2.18. The van der Waals surface area contributed by atoms with Crippen LogP contribution in [-0.2, 0) is 9.53 Å². The minimum Gasteiger partial charge on any atom is -0.351 e. The summed E-state index contributed by atoms with van der Waals surface area (Å²) in [6.07, 6.45) is -1.17. The van der Waals surface area contributed by atoms with Crippen molar-refractivity contribution in [1.82, 2.24) is 5.32 Å². The van der Waals surface area contributed by atoms with Crippen LogP contribution in [0.15, 0.2) is 11.3 Å². The normalized spacial score (nSPS) is 13.3. The molecule has 0 aromatic heterocycles. The third-order valence-corrected chi connectivity index (χ3v) is 1.59. The number of carbonyl (C=O) groups excluding carboxylic acids is 1. The van der Waals surface area contributed by atoms with Gasteiger partial charge < -0.3 is 15.2 Å². The van der Waals surface area contributed by atoms with E-state index in [1.54, 1.807) is 13.8 Å². The molecule has 4 heteroatoms. The van der Waals surface area contributed by atoms with Crippen molar-refractivity contribution in [3.63, 3.8) is 0 Å². The quantitative estimate of drug-likeness (QED) is 0.552. The average molecular weight is 215 g/mol. The Bertz CT molecular complexity index is 259. The molecule has 0 rings (SSSR count). The van der Waals surface area contributed by atoms with Crippen LogP contribution < -0.4 is 5.32 Å². The lowest BCUT2D eigenvalue weighted by atomic mass is 10.2. The van der Waals surface area contributed by atoms with Gasteiger partial charge in [0.25, 0.3) is 0 Å². The number of aliphatic hydroxyl groups excluding tert-OH is 1. The Morgan fingerprint density at radius 2 is 1.73 bits per heavy atom. The summed E-state index contributed by atoms with van der Waals surface area (Å²) in [5.74, 6) is -0.119. The smallest absolute Gasteiger partial charge is 0.236 e. The van der Waals surface area contributed by atoms with E-state index in [1.807, 2.05) is 20.8 Å². The van der Waals surface area contributed by atoms with Crippen molar-refractivity contribution in [2.24, 2.45) is 0 Å². The Kier molecular flexibility index (Phi) is 4.97. The Morgan fingerprint density at radius 3 is 2.00 bits per heavy atom. The van der Waals surface area contributed by atoms with Gasteiger partial charge in [0.1, 0.15) is 0 Å². The molecule has 88 valence electrons. The highest BCUT2D eigenvalue weighted by Crippen LogP contribution is 2.10. The van der Waals surface area contributed by atoms with E-state index in [0.717, 1.165) is 5.57 Å². The maximum Gasteiger partial charge on any atom is 0.236 e. The van der Waals surface area contributed by atoms with E-state index in [9.17, 15) is 9.90 Å². The van der Waals surface area contributed by atoms with Crippen LogP contribution in [0.4, 0.5) is 0 Å². The van der Waals surface area contributed by atoms with E-state index >= 15 is 0 Å². The molecular formula is C11H21NO3. The van der Waals surface area contributed by atoms with Gasteiger partial charge in [-0.3, -0.25) is 4.79 Å². The van der Waals surface area contributed by atoms with Crippen molar-refractivity contribution >= 4 is 5.78 Å². The molecule has 0 spiro atoms. The molecule has 0 aromatic rings. The van der Waals surface area contributed by atoms with Gasteiger partial charge in [0.15, 0.2) is 5.78 Å². The molecular weight excluding hydrogens is 194 g/mol. The largest absolute Gasteiger partial charge is 0.351 e. The Hall–Kier alpha value is -0.870. The number of nitrogens with one attached hydrogen (secondary N) is 1. The van der Waals surface area contributed by atoms with E-state index in [1.165, 1.54) is 6.92 Å². The fraction of sp³-hybridized carbons (Fsp3) is 0.727. The molecule has 0 saturated heterocycles. The number of rotatable bonds is 4. The van der Waals surface area contributed by atoms with Crippen molar-refractivity contribution in [2.45, 2.75) is 53.6 Å². The van der Waals surface area contributed by atoms with Gasteiger partial charge >= 0.3 is 0 Å². The number of Topliss-reactive ketones (excluding diaryl/α,β-unsaturated/α-hetero) is 1. The fourth-order valence-electron chi connectivity index (χ4n) is 1.09. The fourth-order valence-corrected chi connectivity index (χ4v) is 1.09. The lowest BCUT2D eigenvalue weighted by molar-refractivity contribution is -0.177. The zero-order valence-corrected chi connectivity index (χ0v) is 10.3. The first-order valence-electron chi connectivity index (χ1n) is 4.94. The summed E-state index contributed by atoms with van der Waals surface area (Å²) >= 11 is 0. The van der Waals surface area contributed by atoms with Gasteiger partial charge in [-0.15, -0.1) is 0 Å². The Labute approximate surface area is 91.3 Å². The van der Waals surface area contributed by atoms with Crippen LogP contribution in [0.3, 0.4) is 0 Å². The molecule has 1 unspecified atom stereocenters. The molecule has 2 N–H and O–H groups in total. The topological polar surface area (TPSA) is 58.6 Å². The van der Waals surface area contributed by atoms with E-state index < -0.39 is 12.0 Å². The summed E-state index contributed by atoms with van der Waals surface area (Å²) in [4.78, 5) is 11.2. The van der Waals surface area contributed by atoms with Gasteiger partial charge in [0.05, 0.1) is 11.3 Å². The van der Waals surface area contributed by atoms with Crippen molar-refractivity contribution in [3.8, 4) is 0 Å². The van der Waals surface area contributed by atoms with E-state index in [-0.39, 0.29) is 5.78 Å². The number of ether oxygens (including phenoxy) is 1. The second kappa shape index (κ2) is 5.28. The summed E-state index contributed by atoms with van der Waals surface area (Å²) in [6.45, 7) is 10.5. The summed E-state index contributed by atoms with van der Waals surface area (Å²) in [5, 5.41) is 12.2. The maximum absolute atomic E-state index is 11.2. The molecule has 0 bridgehead atoms. The van der Waals surface area contributed by atoms with Crippen molar-refractivity contribution in [2.75, 3.05) is 0 Å².